The third kappa shape index (κ3) is 4.56. The number of thiazole rings is 1. The highest BCUT2D eigenvalue weighted by Crippen LogP contribution is 2.23. The average Bonchev–Trinajstić information content (AvgIpc) is 3.10. The number of rotatable bonds is 5. The van der Waals surface area contributed by atoms with E-state index in [2.05, 4.69) is 47.6 Å². The molecule has 0 N–H and O–H groups in total. The van der Waals surface area contributed by atoms with E-state index in [1.54, 1.807) is 18.3 Å². The second kappa shape index (κ2) is 7.78. The van der Waals surface area contributed by atoms with Gasteiger partial charge in [-0.05, 0) is 37.6 Å². The molecule has 0 spiro atoms. The molecule has 0 saturated heterocycles. The topological polar surface area (TPSA) is 45.9 Å². The van der Waals surface area contributed by atoms with Gasteiger partial charge in [0.15, 0.2) is 6.10 Å². The zero-order chi connectivity index (χ0) is 17.6. The van der Waals surface area contributed by atoms with E-state index in [-0.39, 0.29) is 0 Å². The van der Waals surface area contributed by atoms with Gasteiger partial charge in [-0.25, -0.2) is 4.98 Å². The molecule has 3 nitrogen and oxygen atoms in total. The summed E-state index contributed by atoms with van der Waals surface area (Å²) in [6.07, 6.45) is 3.59. The van der Waals surface area contributed by atoms with Gasteiger partial charge in [0.25, 0.3) is 0 Å². The zero-order valence-corrected chi connectivity index (χ0v) is 15.0. The highest BCUT2D eigenvalue weighted by molar-refractivity contribution is 7.10. The maximum Gasteiger partial charge on any atom is 0.181 e. The summed E-state index contributed by atoms with van der Waals surface area (Å²) in [4.78, 5) is 4.66. The van der Waals surface area contributed by atoms with Crippen molar-refractivity contribution < 1.29 is 4.74 Å². The fourth-order valence-electron chi connectivity index (χ4n) is 2.28. The van der Waals surface area contributed by atoms with Gasteiger partial charge in [0.1, 0.15) is 16.8 Å². The summed E-state index contributed by atoms with van der Waals surface area (Å²) in [6.45, 7) is 3.80. The molecule has 0 radical (unpaired) electrons. The van der Waals surface area contributed by atoms with Crippen LogP contribution in [-0.4, -0.2) is 11.1 Å². The first-order valence-corrected chi connectivity index (χ1v) is 8.89. The number of aryl methyl sites for hydroxylation is 1. The molecule has 1 atom stereocenters. The van der Waals surface area contributed by atoms with Crippen molar-refractivity contribution in [2.75, 3.05) is 0 Å². The summed E-state index contributed by atoms with van der Waals surface area (Å²) in [5, 5.41) is 11.8. The minimum Gasteiger partial charge on any atom is -0.476 e. The van der Waals surface area contributed by atoms with Crippen LogP contribution in [0.5, 0.6) is 5.75 Å². The van der Waals surface area contributed by atoms with Gasteiger partial charge in [-0.15, -0.1) is 11.3 Å². The van der Waals surface area contributed by atoms with Crippen molar-refractivity contribution in [3.05, 3.63) is 70.0 Å². The van der Waals surface area contributed by atoms with Crippen LogP contribution >= 0.6 is 11.3 Å². The van der Waals surface area contributed by atoms with Gasteiger partial charge in [0.2, 0.25) is 0 Å². The Morgan fingerprint density at radius 2 is 1.80 bits per heavy atom. The van der Waals surface area contributed by atoms with E-state index in [1.165, 1.54) is 5.56 Å². The van der Waals surface area contributed by atoms with Gasteiger partial charge in [0, 0.05) is 10.9 Å². The summed E-state index contributed by atoms with van der Waals surface area (Å²) < 4.78 is 5.45. The lowest BCUT2D eigenvalue weighted by molar-refractivity contribution is 0.276. The molecule has 0 aliphatic heterocycles. The first kappa shape index (κ1) is 16.9. The predicted molar refractivity (Wildman–Crippen MR) is 103 cm³/mol. The van der Waals surface area contributed by atoms with Crippen LogP contribution in [0.3, 0.4) is 0 Å². The van der Waals surface area contributed by atoms with E-state index < -0.39 is 6.10 Å². The molecule has 0 saturated carbocycles. The third-order valence-electron chi connectivity index (χ3n) is 3.66. The summed E-state index contributed by atoms with van der Waals surface area (Å²) >= 11 is 1.62. The van der Waals surface area contributed by atoms with Crippen molar-refractivity contribution in [2.45, 2.75) is 20.0 Å². The first-order chi connectivity index (χ1) is 12.1. The molecule has 3 aromatic rings. The highest BCUT2D eigenvalue weighted by Gasteiger charge is 2.03. The second-order valence-electron chi connectivity index (χ2n) is 5.73. The Bertz CT molecular complexity index is 902. The summed E-state index contributed by atoms with van der Waals surface area (Å²) in [5.74, 6) is 0.696. The molecule has 3 rings (SSSR count). The summed E-state index contributed by atoms with van der Waals surface area (Å²) in [5.41, 5.74) is 4.44. The normalized spacial score (nSPS) is 12.0. The second-order valence-corrected chi connectivity index (χ2v) is 6.62. The zero-order valence-electron chi connectivity index (χ0n) is 14.1. The third-order valence-corrected chi connectivity index (χ3v) is 4.47. The number of nitriles is 1. The van der Waals surface area contributed by atoms with Crippen LogP contribution in [0, 0.1) is 18.3 Å². The molecular formula is C21H18N2OS. The van der Waals surface area contributed by atoms with Gasteiger partial charge in [-0.3, -0.25) is 0 Å². The molecule has 1 aromatic heterocycles. The smallest absolute Gasteiger partial charge is 0.181 e. The van der Waals surface area contributed by atoms with Gasteiger partial charge >= 0.3 is 0 Å². The van der Waals surface area contributed by atoms with E-state index in [4.69, 9.17) is 10.00 Å². The van der Waals surface area contributed by atoms with Crippen LogP contribution in [0.1, 0.15) is 23.1 Å². The summed E-state index contributed by atoms with van der Waals surface area (Å²) in [6, 6.07) is 18.1. The molecule has 1 heterocycles. The van der Waals surface area contributed by atoms with Crippen molar-refractivity contribution in [3.8, 4) is 23.1 Å². The molecule has 0 bridgehead atoms. The Balaban J connectivity index is 1.68. The van der Waals surface area contributed by atoms with E-state index in [0.29, 0.717) is 5.75 Å². The van der Waals surface area contributed by atoms with Crippen molar-refractivity contribution >= 4 is 23.5 Å². The standard InChI is InChI=1S/C21H18N2OS/c1-15-3-8-18(9-4-15)20-14-25-21(23-20)12-7-17-5-10-19(11-6-17)24-16(2)13-22/h3-12,14,16H,1-2H3/b12-7+. The minimum atomic E-state index is -0.447. The number of hydrogen-bond donors (Lipinski definition) is 0. The van der Waals surface area contributed by atoms with Crippen molar-refractivity contribution in [1.82, 2.24) is 4.98 Å². The maximum absolute atomic E-state index is 8.77. The van der Waals surface area contributed by atoms with E-state index in [0.717, 1.165) is 21.8 Å². The van der Waals surface area contributed by atoms with Gasteiger partial charge in [0.05, 0.1) is 5.69 Å². The van der Waals surface area contributed by atoms with Crippen LogP contribution in [0.4, 0.5) is 0 Å². The van der Waals surface area contributed by atoms with Crippen LogP contribution < -0.4 is 4.74 Å². The fourth-order valence-corrected chi connectivity index (χ4v) is 3.00. The average molecular weight is 346 g/mol. The van der Waals surface area contributed by atoms with Crippen LogP contribution in [-0.2, 0) is 0 Å². The first-order valence-electron chi connectivity index (χ1n) is 8.01. The monoisotopic (exact) mass is 346 g/mol. The minimum absolute atomic E-state index is 0.447. The lowest BCUT2D eigenvalue weighted by atomic mass is 10.1. The Morgan fingerprint density at radius 3 is 2.48 bits per heavy atom. The van der Waals surface area contributed by atoms with Crippen LogP contribution in [0.25, 0.3) is 23.4 Å². The van der Waals surface area contributed by atoms with E-state index >= 15 is 0 Å². The largest absolute Gasteiger partial charge is 0.476 e. The number of nitrogens with zero attached hydrogens (tertiary/aromatic N) is 2. The van der Waals surface area contributed by atoms with Crippen LogP contribution in [0.15, 0.2) is 53.9 Å². The van der Waals surface area contributed by atoms with Gasteiger partial charge < -0.3 is 4.74 Å². The molecule has 124 valence electrons. The fraction of sp³-hybridized carbons (Fsp3) is 0.143. The number of ether oxygens (including phenoxy) is 1. The molecule has 0 aliphatic carbocycles. The SMILES string of the molecule is Cc1ccc(-c2csc(/C=C/c3ccc(OC(C)C#N)cc3)n2)cc1. The Hall–Kier alpha value is -2.90. The molecular weight excluding hydrogens is 328 g/mol. The Morgan fingerprint density at radius 1 is 1.08 bits per heavy atom. The van der Waals surface area contributed by atoms with Crippen molar-refractivity contribution in [2.24, 2.45) is 0 Å². The quantitative estimate of drug-likeness (QED) is 0.606. The highest BCUT2D eigenvalue weighted by atomic mass is 32.1. The molecule has 0 aliphatic rings. The number of benzene rings is 2. The van der Waals surface area contributed by atoms with E-state index in [9.17, 15) is 0 Å². The number of aromatic nitrogens is 1. The molecule has 4 heteroatoms. The molecule has 0 fully saturated rings. The summed E-state index contributed by atoms with van der Waals surface area (Å²) in [7, 11) is 0. The van der Waals surface area contributed by atoms with E-state index in [1.807, 2.05) is 36.4 Å². The molecule has 0 amide bonds. The molecule has 25 heavy (non-hydrogen) atoms. The lowest BCUT2D eigenvalue weighted by Gasteiger charge is -2.07. The Kier molecular flexibility index (Phi) is 5.27. The maximum atomic E-state index is 8.77. The van der Waals surface area contributed by atoms with Gasteiger partial charge in [-0.2, -0.15) is 5.26 Å². The lowest BCUT2D eigenvalue weighted by Crippen LogP contribution is -2.07. The van der Waals surface area contributed by atoms with Crippen molar-refractivity contribution in [1.29, 1.82) is 5.26 Å². The molecule has 1 unspecified atom stereocenters. The molecule has 2 aromatic carbocycles. The predicted octanol–water partition coefficient (Wildman–Crippen LogP) is 5.58. The number of hydrogen-bond acceptors (Lipinski definition) is 4. The Labute approximate surface area is 151 Å². The van der Waals surface area contributed by atoms with Crippen LogP contribution in [0.2, 0.25) is 0 Å². The van der Waals surface area contributed by atoms with Gasteiger partial charge in [-0.1, -0.05) is 48.0 Å². The van der Waals surface area contributed by atoms with Crippen molar-refractivity contribution in [3.63, 3.8) is 0 Å².